The van der Waals surface area contributed by atoms with Gasteiger partial charge in [-0.1, -0.05) is 39.0 Å². The fourth-order valence-electron chi connectivity index (χ4n) is 1.38. The first-order chi connectivity index (χ1) is 6.05. The van der Waals surface area contributed by atoms with Crippen LogP contribution in [0.5, 0.6) is 0 Å². The second-order valence-corrected chi connectivity index (χ2v) is 4.13. The Bertz CT molecular complexity index is 276. The van der Waals surface area contributed by atoms with Gasteiger partial charge >= 0.3 is 0 Å². The van der Waals surface area contributed by atoms with Gasteiger partial charge in [-0.3, -0.25) is 0 Å². The van der Waals surface area contributed by atoms with Crippen LogP contribution in [-0.2, 0) is 5.41 Å². The molecule has 0 aromatic heterocycles. The summed E-state index contributed by atoms with van der Waals surface area (Å²) in [6.07, 6.45) is 0. The van der Waals surface area contributed by atoms with Gasteiger partial charge in [-0.25, -0.2) is 0 Å². The van der Waals surface area contributed by atoms with E-state index in [0.29, 0.717) is 0 Å². The summed E-state index contributed by atoms with van der Waals surface area (Å²) < 4.78 is 0. The molecule has 0 spiro atoms. The van der Waals surface area contributed by atoms with Gasteiger partial charge in [-0.2, -0.15) is 0 Å². The molecule has 0 saturated heterocycles. The van der Waals surface area contributed by atoms with Crippen LogP contribution in [0, 0.1) is 0 Å². The van der Waals surface area contributed by atoms with Crippen LogP contribution in [0.4, 0.5) is 5.69 Å². The molecule has 1 rings (SSSR count). The first-order valence-electron chi connectivity index (χ1n) is 4.50. The molecule has 0 fully saturated rings. The van der Waals surface area contributed by atoms with Gasteiger partial charge in [-0.05, 0) is 17.0 Å². The number of rotatable bonds is 2. The third-order valence-corrected chi connectivity index (χ3v) is 2.00. The molecule has 1 aromatic rings. The molecule has 0 amide bonds. The summed E-state index contributed by atoms with van der Waals surface area (Å²) in [6, 6.07) is 8.05. The van der Waals surface area contributed by atoms with Gasteiger partial charge in [-0.15, -0.1) is 0 Å². The van der Waals surface area contributed by atoms with E-state index in [1.54, 1.807) is 0 Å². The first-order valence-corrected chi connectivity index (χ1v) is 4.50. The minimum atomic E-state index is -0.0207. The number of anilines is 1. The lowest BCUT2D eigenvalue weighted by atomic mass is 9.86. The van der Waals surface area contributed by atoms with Crippen molar-refractivity contribution >= 4 is 5.69 Å². The monoisotopic (exact) mass is 179 g/mol. The number of para-hydroxylation sites is 1. The van der Waals surface area contributed by atoms with Crippen molar-refractivity contribution in [1.29, 1.82) is 0 Å². The molecule has 0 aliphatic heterocycles. The molecule has 0 bridgehead atoms. The lowest BCUT2D eigenvalue weighted by Crippen LogP contribution is -2.15. The van der Waals surface area contributed by atoms with Gasteiger partial charge in [0.15, 0.2) is 0 Å². The van der Waals surface area contributed by atoms with Crippen molar-refractivity contribution in [1.82, 2.24) is 0 Å². The van der Waals surface area contributed by atoms with Crippen molar-refractivity contribution in [2.24, 2.45) is 0 Å². The molecular formula is C11H17NO. The van der Waals surface area contributed by atoms with Crippen LogP contribution in [0.25, 0.3) is 0 Å². The summed E-state index contributed by atoms with van der Waals surface area (Å²) in [7, 11) is 0. The minimum absolute atomic E-state index is 0.0207. The van der Waals surface area contributed by atoms with E-state index in [1.165, 1.54) is 5.56 Å². The highest BCUT2D eigenvalue weighted by atomic mass is 16.3. The Morgan fingerprint density at radius 1 is 1.23 bits per heavy atom. The van der Waals surface area contributed by atoms with E-state index in [1.807, 2.05) is 18.2 Å². The Hall–Kier alpha value is -1.02. The number of hydrogen-bond donors (Lipinski definition) is 2. The maximum absolute atomic E-state index is 8.80. The molecule has 0 aliphatic carbocycles. The van der Waals surface area contributed by atoms with E-state index in [2.05, 4.69) is 32.2 Å². The molecule has 0 unspecified atom stereocenters. The maximum Gasteiger partial charge on any atom is 0.113 e. The van der Waals surface area contributed by atoms with Crippen LogP contribution in [0.2, 0.25) is 0 Å². The quantitative estimate of drug-likeness (QED) is 0.683. The molecule has 2 heteroatoms. The average Bonchev–Trinajstić information content (AvgIpc) is 2.04. The molecule has 0 atom stereocenters. The largest absolute Gasteiger partial charge is 0.377 e. The molecular weight excluding hydrogens is 162 g/mol. The highest BCUT2D eigenvalue weighted by Gasteiger charge is 2.16. The van der Waals surface area contributed by atoms with Gasteiger partial charge in [0, 0.05) is 5.69 Å². The molecule has 0 heterocycles. The van der Waals surface area contributed by atoms with Crippen LogP contribution in [0.1, 0.15) is 26.3 Å². The van der Waals surface area contributed by atoms with Crippen LogP contribution >= 0.6 is 0 Å². The lowest BCUT2D eigenvalue weighted by molar-refractivity contribution is 0.325. The summed E-state index contributed by atoms with van der Waals surface area (Å²) in [5.74, 6) is 0. The first kappa shape index (κ1) is 10.1. The predicted molar refractivity (Wildman–Crippen MR) is 55.9 cm³/mol. The summed E-state index contributed by atoms with van der Waals surface area (Å²) >= 11 is 0. The van der Waals surface area contributed by atoms with Crippen molar-refractivity contribution in [3.05, 3.63) is 29.8 Å². The molecule has 13 heavy (non-hydrogen) atoms. The van der Waals surface area contributed by atoms with Crippen LogP contribution in [-0.4, -0.2) is 11.8 Å². The SMILES string of the molecule is CC(C)(C)c1ccccc1NCO. The van der Waals surface area contributed by atoms with Crippen molar-refractivity contribution < 1.29 is 5.11 Å². The van der Waals surface area contributed by atoms with E-state index in [-0.39, 0.29) is 12.1 Å². The summed E-state index contributed by atoms with van der Waals surface area (Å²) in [5.41, 5.74) is 2.35. The Morgan fingerprint density at radius 3 is 2.38 bits per heavy atom. The van der Waals surface area contributed by atoms with E-state index in [4.69, 9.17) is 5.11 Å². The highest BCUT2D eigenvalue weighted by molar-refractivity contribution is 5.53. The summed E-state index contributed by atoms with van der Waals surface area (Å²) in [6.45, 7) is 6.45. The third-order valence-electron chi connectivity index (χ3n) is 2.00. The van der Waals surface area contributed by atoms with Gasteiger partial charge in [0.2, 0.25) is 0 Å². The normalized spacial score (nSPS) is 11.4. The molecule has 0 saturated carbocycles. The van der Waals surface area contributed by atoms with Gasteiger partial charge in [0.1, 0.15) is 6.73 Å². The molecule has 0 aliphatic rings. The van der Waals surface area contributed by atoms with Gasteiger partial charge < -0.3 is 10.4 Å². The predicted octanol–water partition coefficient (Wildman–Crippen LogP) is 2.35. The van der Waals surface area contributed by atoms with Crippen molar-refractivity contribution in [2.75, 3.05) is 12.0 Å². The molecule has 0 radical (unpaired) electrons. The second-order valence-electron chi connectivity index (χ2n) is 4.13. The number of nitrogens with one attached hydrogen (secondary N) is 1. The zero-order chi connectivity index (χ0) is 9.90. The van der Waals surface area contributed by atoms with E-state index >= 15 is 0 Å². The minimum Gasteiger partial charge on any atom is -0.377 e. The Labute approximate surface area is 79.6 Å². The fourth-order valence-corrected chi connectivity index (χ4v) is 1.38. The number of aliphatic hydroxyl groups excluding tert-OH is 1. The van der Waals surface area contributed by atoms with Crippen molar-refractivity contribution in [3.8, 4) is 0 Å². The fraction of sp³-hybridized carbons (Fsp3) is 0.455. The molecule has 2 nitrogen and oxygen atoms in total. The van der Waals surface area contributed by atoms with E-state index in [9.17, 15) is 0 Å². The van der Waals surface area contributed by atoms with Crippen molar-refractivity contribution in [3.63, 3.8) is 0 Å². The Balaban J connectivity index is 3.05. The zero-order valence-corrected chi connectivity index (χ0v) is 8.46. The Morgan fingerprint density at radius 2 is 1.85 bits per heavy atom. The van der Waals surface area contributed by atoms with Crippen LogP contribution in [0.15, 0.2) is 24.3 Å². The molecule has 1 aromatic carbocycles. The molecule has 72 valence electrons. The summed E-state index contributed by atoms with van der Waals surface area (Å²) in [4.78, 5) is 0. The van der Waals surface area contributed by atoms with Crippen LogP contribution in [0.3, 0.4) is 0 Å². The third kappa shape index (κ3) is 2.46. The summed E-state index contributed by atoms with van der Waals surface area (Å²) in [5, 5.41) is 11.7. The molecule has 2 N–H and O–H groups in total. The standard InChI is InChI=1S/C11H17NO/c1-11(2,3)9-6-4-5-7-10(9)12-8-13/h4-7,12-13H,8H2,1-3H3. The number of aliphatic hydroxyl groups is 1. The van der Waals surface area contributed by atoms with Crippen LogP contribution < -0.4 is 5.32 Å². The van der Waals surface area contributed by atoms with Gasteiger partial charge in [0.05, 0.1) is 0 Å². The number of hydrogen-bond acceptors (Lipinski definition) is 2. The van der Waals surface area contributed by atoms with E-state index < -0.39 is 0 Å². The van der Waals surface area contributed by atoms with Crippen molar-refractivity contribution in [2.45, 2.75) is 26.2 Å². The maximum atomic E-state index is 8.80. The smallest absolute Gasteiger partial charge is 0.113 e. The second kappa shape index (κ2) is 3.79. The lowest BCUT2D eigenvalue weighted by Gasteiger charge is -2.22. The van der Waals surface area contributed by atoms with Gasteiger partial charge in [0.25, 0.3) is 0 Å². The topological polar surface area (TPSA) is 32.3 Å². The Kier molecular flexibility index (Phi) is 2.94. The van der Waals surface area contributed by atoms with E-state index in [0.717, 1.165) is 5.69 Å². The number of benzene rings is 1. The average molecular weight is 179 g/mol. The zero-order valence-electron chi connectivity index (χ0n) is 8.46. The highest BCUT2D eigenvalue weighted by Crippen LogP contribution is 2.28.